The van der Waals surface area contributed by atoms with Gasteiger partial charge in [0.1, 0.15) is 23.4 Å². The molecule has 192 valence electrons. The molecule has 2 aromatic carbocycles. The zero-order valence-corrected chi connectivity index (χ0v) is 20.3. The van der Waals surface area contributed by atoms with Crippen LogP contribution >= 0.6 is 0 Å². The van der Waals surface area contributed by atoms with E-state index in [1.54, 1.807) is 30.3 Å². The maximum Gasteiger partial charge on any atom is 0.274 e. The standard InChI is InChI=1S/C28H23F2N5O3/c1-17(15-36)14-35-12-11-23-26(35)28(32-16-31-23)38-25-10-9-20(13-21(25)30)33-27(37)24-4-2-3-22(34-24)18-5-7-19(29)8-6-18/h2-13,16-17,36H,14-15H2,1H3,(H,33,37)/t17-/m0/s1. The lowest BCUT2D eigenvalue weighted by atomic mass is 10.1. The van der Waals surface area contributed by atoms with Crippen molar-refractivity contribution in [2.24, 2.45) is 5.92 Å². The second-order valence-electron chi connectivity index (χ2n) is 8.78. The topological polar surface area (TPSA) is 102 Å². The number of aromatic nitrogens is 4. The van der Waals surface area contributed by atoms with Gasteiger partial charge >= 0.3 is 0 Å². The third-order valence-corrected chi connectivity index (χ3v) is 5.85. The number of halogens is 2. The number of nitrogens with one attached hydrogen (secondary N) is 1. The van der Waals surface area contributed by atoms with Crippen molar-refractivity contribution in [2.45, 2.75) is 13.5 Å². The molecule has 0 unspecified atom stereocenters. The van der Waals surface area contributed by atoms with Gasteiger partial charge in [-0.1, -0.05) is 13.0 Å². The number of rotatable bonds is 8. The van der Waals surface area contributed by atoms with Gasteiger partial charge in [-0.05, 0) is 60.5 Å². The molecule has 0 aliphatic heterocycles. The molecule has 3 heterocycles. The van der Waals surface area contributed by atoms with Crippen LogP contribution in [0.15, 0.2) is 79.3 Å². The fraction of sp³-hybridized carbons (Fsp3) is 0.143. The van der Waals surface area contributed by atoms with Crippen molar-refractivity contribution in [1.29, 1.82) is 0 Å². The van der Waals surface area contributed by atoms with E-state index in [1.165, 1.54) is 36.7 Å². The molecular formula is C28H23F2N5O3. The number of hydrogen-bond acceptors (Lipinski definition) is 6. The molecule has 0 fully saturated rings. The number of aliphatic hydroxyl groups is 1. The van der Waals surface area contributed by atoms with Gasteiger partial charge in [-0.25, -0.2) is 18.7 Å². The molecule has 0 saturated carbocycles. The highest BCUT2D eigenvalue weighted by Crippen LogP contribution is 2.31. The zero-order valence-electron chi connectivity index (χ0n) is 20.3. The van der Waals surface area contributed by atoms with Gasteiger partial charge in [-0.2, -0.15) is 4.98 Å². The molecule has 2 N–H and O–H groups in total. The summed E-state index contributed by atoms with van der Waals surface area (Å²) in [6, 6.07) is 16.5. The molecule has 0 spiro atoms. The van der Waals surface area contributed by atoms with E-state index < -0.39 is 11.7 Å². The summed E-state index contributed by atoms with van der Waals surface area (Å²) < 4.78 is 35.9. The fourth-order valence-electron chi connectivity index (χ4n) is 3.93. The third kappa shape index (κ3) is 5.35. The van der Waals surface area contributed by atoms with Crippen LogP contribution < -0.4 is 10.1 Å². The first-order valence-corrected chi connectivity index (χ1v) is 11.8. The molecule has 0 saturated heterocycles. The van der Waals surface area contributed by atoms with Gasteiger partial charge in [-0.3, -0.25) is 4.79 Å². The Morgan fingerprint density at radius 1 is 1.08 bits per heavy atom. The molecule has 5 aromatic rings. The molecule has 1 atom stereocenters. The maximum atomic E-state index is 15.0. The van der Waals surface area contributed by atoms with Gasteiger partial charge in [0.05, 0.1) is 11.2 Å². The Labute approximate surface area is 216 Å². The molecule has 0 aliphatic carbocycles. The van der Waals surface area contributed by atoms with Gasteiger partial charge < -0.3 is 19.7 Å². The van der Waals surface area contributed by atoms with Crippen molar-refractivity contribution >= 4 is 22.6 Å². The Balaban J connectivity index is 1.33. The number of pyridine rings is 1. The van der Waals surface area contributed by atoms with Crippen molar-refractivity contribution in [3.8, 4) is 22.9 Å². The van der Waals surface area contributed by atoms with E-state index in [2.05, 4.69) is 20.3 Å². The number of nitrogens with zero attached hydrogens (tertiary/aromatic N) is 4. The summed E-state index contributed by atoms with van der Waals surface area (Å²) in [5, 5.41) is 12.0. The maximum absolute atomic E-state index is 15.0. The van der Waals surface area contributed by atoms with E-state index >= 15 is 0 Å². The lowest BCUT2D eigenvalue weighted by Gasteiger charge is -2.13. The Bertz CT molecular complexity index is 1600. The molecule has 38 heavy (non-hydrogen) atoms. The molecule has 3 aromatic heterocycles. The van der Waals surface area contributed by atoms with E-state index in [0.29, 0.717) is 28.8 Å². The summed E-state index contributed by atoms with van der Waals surface area (Å²) in [7, 11) is 0. The summed E-state index contributed by atoms with van der Waals surface area (Å²) in [6.45, 7) is 2.42. The van der Waals surface area contributed by atoms with Gasteiger partial charge in [0.15, 0.2) is 11.6 Å². The summed E-state index contributed by atoms with van der Waals surface area (Å²) >= 11 is 0. The first kappa shape index (κ1) is 25.0. The SMILES string of the molecule is C[C@H](CO)Cn1ccc2ncnc(Oc3ccc(NC(=O)c4cccc(-c5ccc(F)cc5)n4)cc3F)c21. The summed E-state index contributed by atoms with van der Waals surface area (Å²) in [4.78, 5) is 25.5. The van der Waals surface area contributed by atoms with Crippen molar-refractivity contribution in [1.82, 2.24) is 19.5 Å². The van der Waals surface area contributed by atoms with Crippen LogP contribution in [0.4, 0.5) is 14.5 Å². The first-order chi connectivity index (χ1) is 18.4. The molecular weight excluding hydrogens is 492 g/mol. The monoisotopic (exact) mass is 515 g/mol. The van der Waals surface area contributed by atoms with Gasteiger partial charge in [-0.15, -0.1) is 0 Å². The van der Waals surface area contributed by atoms with Gasteiger partial charge in [0.25, 0.3) is 5.91 Å². The largest absolute Gasteiger partial charge is 0.434 e. The van der Waals surface area contributed by atoms with Crippen LogP contribution in [0.25, 0.3) is 22.3 Å². The lowest BCUT2D eigenvalue weighted by molar-refractivity contribution is 0.102. The number of benzene rings is 2. The Kier molecular flexibility index (Phi) is 7.05. The highest BCUT2D eigenvalue weighted by molar-refractivity contribution is 6.03. The van der Waals surface area contributed by atoms with Crippen LogP contribution in [0.3, 0.4) is 0 Å². The minimum absolute atomic E-state index is 0.0100. The highest BCUT2D eigenvalue weighted by atomic mass is 19.1. The zero-order chi connectivity index (χ0) is 26.6. The minimum atomic E-state index is -0.704. The quantitative estimate of drug-likeness (QED) is 0.285. The van der Waals surface area contributed by atoms with E-state index in [9.17, 15) is 18.7 Å². The number of aliphatic hydroxyl groups excluding tert-OH is 1. The number of carbonyl (C=O) groups excluding carboxylic acids is 1. The van der Waals surface area contributed by atoms with Crippen LogP contribution in [-0.4, -0.2) is 37.1 Å². The highest BCUT2D eigenvalue weighted by Gasteiger charge is 2.16. The summed E-state index contributed by atoms with van der Waals surface area (Å²) in [6.07, 6.45) is 3.14. The third-order valence-electron chi connectivity index (χ3n) is 5.85. The van der Waals surface area contributed by atoms with Crippen LogP contribution in [0, 0.1) is 17.6 Å². The molecule has 10 heteroatoms. The first-order valence-electron chi connectivity index (χ1n) is 11.8. The van der Waals surface area contributed by atoms with Crippen LogP contribution in [0.1, 0.15) is 17.4 Å². The lowest BCUT2D eigenvalue weighted by Crippen LogP contribution is -2.14. The van der Waals surface area contributed by atoms with Crippen LogP contribution in [-0.2, 0) is 6.54 Å². The normalized spacial score (nSPS) is 11.9. The Morgan fingerprint density at radius 2 is 1.89 bits per heavy atom. The molecule has 0 bridgehead atoms. The average Bonchev–Trinajstić information content (AvgIpc) is 3.34. The number of fused-ring (bicyclic) bond motifs is 1. The average molecular weight is 516 g/mol. The predicted molar refractivity (Wildman–Crippen MR) is 138 cm³/mol. The van der Waals surface area contributed by atoms with Crippen molar-refractivity contribution in [2.75, 3.05) is 11.9 Å². The number of ether oxygens (including phenoxy) is 1. The van der Waals surface area contributed by atoms with Gasteiger partial charge in [0, 0.05) is 36.7 Å². The predicted octanol–water partition coefficient (Wildman–Crippen LogP) is 5.44. The molecule has 0 aliphatic rings. The van der Waals surface area contributed by atoms with E-state index in [-0.39, 0.29) is 41.4 Å². The minimum Gasteiger partial charge on any atom is -0.434 e. The van der Waals surface area contributed by atoms with Gasteiger partial charge in [0.2, 0.25) is 5.88 Å². The van der Waals surface area contributed by atoms with Crippen molar-refractivity contribution in [3.05, 3.63) is 96.6 Å². The summed E-state index contributed by atoms with van der Waals surface area (Å²) in [5.74, 6) is -1.53. The van der Waals surface area contributed by atoms with Crippen molar-refractivity contribution in [3.63, 3.8) is 0 Å². The number of amides is 1. The van der Waals surface area contributed by atoms with Crippen LogP contribution in [0.2, 0.25) is 0 Å². The second kappa shape index (κ2) is 10.7. The second-order valence-corrected chi connectivity index (χ2v) is 8.78. The number of anilines is 1. The Morgan fingerprint density at radius 3 is 2.66 bits per heavy atom. The molecule has 0 radical (unpaired) electrons. The molecule has 8 nitrogen and oxygen atoms in total. The summed E-state index contributed by atoms with van der Waals surface area (Å²) in [5.41, 5.74) is 2.69. The van der Waals surface area contributed by atoms with E-state index in [4.69, 9.17) is 4.74 Å². The van der Waals surface area contributed by atoms with Crippen molar-refractivity contribution < 1.29 is 23.4 Å². The van der Waals surface area contributed by atoms with E-state index in [1.807, 2.05) is 17.7 Å². The van der Waals surface area contributed by atoms with E-state index in [0.717, 1.165) is 6.07 Å². The molecule has 5 rings (SSSR count). The number of hydrogen-bond donors (Lipinski definition) is 2. The Hall–Kier alpha value is -4.70. The smallest absolute Gasteiger partial charge is 0.274 e. The number of carbonyl (C=O) groups is 1. The molecule has 1 amide bonds. The fourth-order valence-corrected chi connectivity index (χ4v) is 3.93. The van der Waals surface area contributed by atoms with Crippen LogP contribution in [0.5, 0.6) is 11.6 Å².